The maximum atomic E-state index is 5.96. The fourth-order valence-electron chi connectivity index (χ4n) is 4.06. The van der Waals surface area contributed by atoms with E-state index in [-0.39, 0.29) is 0 Å². The molecule has 1 saturated heterocycles. The van der Waals surface area contributed by atoms with Crippen molar-refractivity contribution in [2.24, 2.45) is 11.3 Å². The first kappa shape index (κ1) is 16.3. The van der Waals surface area contributed by atoms with E-state index in [1.165, 1.54) is 51.5 Å². The molecule has 0 unspecified atom stereocenters. The van der Waals surface area contributed by atoms with Crippen molar-refractivity contribution in [2.75, 3.05) is 32.8 Å². The van der Waals surface area contributed by atoms with Gasteiger partial charge in [-0.1, -0.05) is 26.7 Å². The van der Waals surface area contributed by atoms with Crippen LogP contribution in [0.25, 0.3) is 0 Å². The molecule has 2 rings (SSSR count). The van der Waals surface area contributed by atoms with Gasteiger partial charge in [-0.15, -0.1) is 0 Å². The van der Waals surface area contributed by atoms with E-state index >= 15 is 0 Å². The predicted octanol–water partition coefficient (Wildman–Crippen LogP) is 2.95. The van der Waals surface area contributed by atoms with E-state index in [9.17, 15) is 0 Å². The predicted molar refractivity (Wildman–Crippen MR) is 85.1 cm³/mol. The zero-order valence-electron chi connectivity index (χ0n) is 13.5. The highest BCUT2D eigenvalue weighted by atomic mass is 16.5. The Bertz CT molecular complexity index is 256. The van der Waals surface area contributed by atoms with Crippen molar-refractivity contribution in [2.45, 2.75) is 64.9 Å². The zero-order valence-corrected chi connectivity index (χ0v) is 13.5. The molecular formula is C17H34N2O. The molecule has 0 radical (unpaired) electrons. The van der Waals surface area contributed by atoms with Crippen molar-refractivity contribution in [1.29, 1.82) is 0 Å². The van der Waals surface area contributed by atoms with Crippen LogP contribution >= 0.6 is 0 Å². The zero-order chi connectivity index (χ0) is 14.3. The summed E-state index contributed by atoms with van der Waals surface area (Å²) in [5.41, 5.74) is 0.586. The molecule has 118 valence electrons. The second-order valence-corrected chi connectivity index (χ2v) is 7.30. The highest BCUT2D eigenvalue weighted by Crippen LogP contribution is 2.42. The second-order valence-electron chi connectivity index (χ2n) is 7.30. The molecule has 1 aliphatic carbocycles. The Kier molecular flexibility index (Phi) is 6.79. The van der Waals surface area contributed by atoms with Gasteiger partial charge in [-0.25, -0.2) is 0 Å². The summed E-state index contributed by atoms with van der Waals surface area (Å²) < 4.78 is 5.96. The lowest BCUT2D eigenvalue weighted by Gasteiger charge is -2.31. The van der Waals surface area contributed by atoms with Crippen LogP contribution in [0.5, 0.6) is 0 Å². The van der Waals surface area contributed by atoms with E-state index in [1.54, 1.807) is 0 Å². The summed E-state index contributed by atoms with van der Waals surface area (Å²) in [4.78, 5) is 0. The van der Waals surface area contributed by atoms with Crippen molar-refractivity contribution in [1.82, 2.24) is 10.6 Å². The fraction of sp³-hybridized carbons (Fsp3) is 1.00. The van der Waals surface area contributed by atoms with Gasteiger partial charge in [0.15, 0.2) is 0 Å². The van der Waals surface area contributed by atoms with Gasteiger partial charge in [0.1, 0.15) is 0 Å². The lowest BCUT2D eigenvalue weighted by atomic mass is 9.78. The van der Waals surface area contributed by atoms with Crippen molar-refractivity contribution in [3.05, 3.63) is 0 Å². The first-order valence-electron chi connectivity index (χ1n) is 8.73. The molecule has 1 aliphatic heterocycles. The smallest absolute Gasteiger partial charge is 0.0600 e. The molecule has 0 spiro atoms. The monoisotopic (exact) mass is 282 g/mol. The maximum Gasteiger partial charge on any atom is 0.0600 e. The first-order chi connectivity index (χ1) is 9.70. The van der Waals surface area contributed by atoms with Gasteiger partial charge >= 0.3 is 0 Å². The molecule has 1 saturated carbocycles. The molecule has 3 nitrogen and oxygen atoms in total. The summed E-state index contributed by atoms with van der Waals surface area (Å²) in [5, 5.41) is 7.05. The molecular weight excluding hydrogens is 248 g/mol. The minimum atomic E-state index is 0.495. The van der Waals surface area contributed by atoms with E-state index < -0.39 is 0 Å². The molecule has 3 heteroatoms. The highest BCUT2D eigenvalue weighted by molar-refractivity contribution is 4.87. The first-order valence-corrected chi connectivity index (χ1v) is 8.73. The summed E-state index contributed by atoms with van der Waals surface area (Å²) in [7, 11) is 0. The Labute approximate surface area is 125 Å². The average Bonchev–Trinajstić information content (AvgIpc) is 2.87. The Balaban J connectivity index is 1.58. The van der Waals surface area contributed by atoms with Crippen LogP contribution in [0.2, 0.25) is 0 Å². The van der Waals surface area contributed by atoms with Gasteiger partial charge in [-0.2, -0.15) is 0 Å². The van der Waals surface area contributed by atoms with Crippen LogP contribution in [0.4, 0.5) is 0 Å². The molecule has 0 aromatic heterocycles. The van der Waals surface area contributed by atoms with Gasteiger partial charge in [-0.05, 0) is 56.5 Å². The Hall–Kier alpha value is -0.120. The number of rotatable bonds is 8. The van der Waals surface area contributed by atoms with Gasteiger partial charge in [-0.3, -0.25) is 0 Å². The molecule has 0 atom stereocenters. The molecule has 20 heavy (non-hydrogen) atoms. The lowest BCUT2D eigenvalue weighted by Crippen LogP contribution is -2.37. The Morgan fingerprint density at radius 3 is 2.55 bits per heavy atom. The molecule has 0 aromatic carbocycles. The summed E-state index contributed by atoms with van der Waals surface area (Å²) in [6.45, 7) is 10.1. The van der Waals surface area contributed by atoms with Crippen LogP contribution in [-0.4, -0.2) is 38.9 Å². The number of ether oxygens (including phenoxy) is 1. The highest BCUT2D eigenvalue weighted by Gasteiger charge is 2.33. The van der Waals surface area contributed by atoms with Crippen LogP contribution in [0.15, 0.2) is 0 Å². The summed E-state index contributed by atoms with van der Waals surface area (Å²) in [5.74, 6) is 0.820. The van der Waals surface area contributed by atoms with Crippen LogP contribution in [0.3, 0.4) is 0 Å². The average molecular weight is 282 g/mol. The fourth-order valence-corrected chi connectivity index (χ4v) is 4.06. The SMILES string of the molecule is CC(C)CC1(CNCCOC2CCNCC2)CCCC1. The topological polar surface area (TPSA) is 33.3 Å². The molecule has 0 bridgehead atoms. The van der Waals surface area contributed by atoms with E-state index in [2.05, 4.69) is 24.5 Å². The Morgan fingerprint density at radius 1 is 1.20 bits per heavy atom. The third-order valence-electron chi connectivity index (χ3n) is 4.92. The summed E-state index contributed by atoms with van der Waals surface area (Å²) >= 11 is 0. The van der Waals surface area contributed by atoms with E-state index in [0.717, 1.165) is 32.2 Å². The van der Waals surface area contributed by atoms with E-state index in [1.807, 2.05) is 0 Å². The number of piperidine rings is 1. The largest absolute Gasteiger partial charge is 0.377 e. The van der Waals surface area contributed by atoms with Crippen LogP contribution in [-0.2, 0) is 4.74 Å². The van der Waals surface area contributed by atoms with Crippen molar-refractivity contribution in [3.63, 3.8) is 0 Å². The molecule has 2 aliphatic rings. The van der Waals surface area contributed by atoms with Gasteiger partial charge in [0.25, 0.3) is 0 Å². The van der Waals surface area contributed by atoms with Crippen molar-refractivity contribution < 1.29 is 4.74 Å². The third kappa shape index (κ3) is 5.34. The third-order valence-corrected chi connectivity index (χ3v) is 4.92. The van der Waals surface area contributed by atoms with Gasteiger partial charge in [0.2, 0.25) is 0 Å². The lowest BCUT2D eigenvalue weighted by molar-refractivity contribution is 0.0335. The van der Waals surface area contributed by atoms with Gasteiger partial charge < -0.3 is 15.4 Å². The van der Waals surface area contributed by atoms with Gasteiger partial charge in [0, 0.05) is 13.1 Å². The van der Waals surface area contributed by atoms with E-state index in [4.69, 9.17) is 4.74 Å². The van der Waals surface area contributed by atoms with Crippen molar-refractivity contribution in [3.8, 4) is 0 Å². The summed E-state index contributed by atoms with van der Waals surface area (Å²) in [6.07, 6.45) is 9.94. The van der Waals surface area contributed by atoms with Crippen molar-refractivity contribution >= 4 is 0 Å². The normalized spacial score (nSPS) is 23.6. The molecule has 0 aromatic rings. The molecule has 0 amide bonds. The molecule has 1 heterocycles. The summed E-state index contributed by atoms with van der Waals surface area (Å²) in [6, 6.07) is 0. The second kappa shape index (κ2) is 8.35. The quantitative estimate of drug-likeness (QED) is 0.672. The minimum Gasteiger partial charge on any atom is -0.377 e. The molecule has 2 fully saturated rings. The minimum absolute atomic E-state index is 0.495. The number of hydrogen-bond acceptors (Lipinski definition) is 3. The van der Waals surface area contributed by atoms with Gasteiger partial charge in [0.05, 0.1) is 12.7 Å². The van der Waals surface area contributed by atoms with Crippen LogP contribution in [0.1, 0.15) is 58.8 Å². The Morgan fingerprint density at radius 2 is 1.90 bits per heavy atom. The van der Waals surface area contributed by atoms with E-state index in [0.29, 0.717) is 11.5 Å². The molecule has 2 N–H and O–H groups in total. The number of hydrogen-bond donors (Lipinski definition) is 2. The van der Waals surface area contributed by atoms with Crippen LogP contribution in [0, 0.1) is 11.3 Å². The maximum absolute atomic E-state index is 5.96. The standard InChI is InChI=1S/C17H34N2O/c1-15(2)13-17(7-3-4-8-17)14-19-11-12-20-16-5-9-18-10-6-16/h15-16,18-19H,3-14H2,1-2H3. The number of nitrogens with one attached hydrogen (secondary N) is 2. The van der Waals surface area contributed by atoms with Crippen LogP contribution < -0.4 is 10.6 Å².